The first-order valence-electron chi connectivity index (χ1n) is 9.56. The van der Waals surface area contributed by atoms with E-state index in [1.54, 1.807) is 30.1 Å². The Morgan fingerprint density at radius 3 is 2.66 bits per heavy atom. The van der Waals surface area contributed by atoms with E-state index in [1.807, 2.05) is 24.3 Å². The van der Waals surface area contributed by atoms with Gasteiger partial charge in [-0.05, 0) is 35.4 Å². The quantitative estimate of drug-likeness (QED) is 0.458. The second-order valence-electron chi connectivity index (χ2n) is 6.99. The molecule has 1 heterocycles. The minimum Gasteiger partial charge on any atom is -0.497 e. The first-order chi connectivity index (χ1) is 15.3. The van der Waals surface area contributed by atoms with Gasteiger partial charge in [0.05, 0.1) is 32.1 Å². The van der Waals surface area contributed by atoms with E-state index in [0.29, 0.717) is 17.8 Å². The van der Waals surface area contributed by atoms with Crippen molar-refractivity contribution in [2.45, 2.75) is 25.5 Å². The third-order valence-corrected chi connectivity index (χ3v) is 4.44. The maximum Gasteiger partial charge on any atom is 0.330 e. The van der Waals surface area contributed by atoms with Crippen LogP contribution in [0.25, 0.3) is 0 Å². The van der Waals surface area contributed by atoms with Crippen LogP contribution in [0.2, 0.25) is 0 Å². The number of amides is 1. The summed E-state index contributed by atoms with van der Waals surface area (Å²) in [5.41, 5.74) is 2.09. The first kappa shape index (κ1) is 23.3. The van der Waals surface area contributed by atoms with Crippen LogP contribution in [0, 0.1) is 0 Å². The van der Waals surface area contributed by atoms with Gasteiger partial charge in [-0.15, -0.1) is 0 Å². The molecule has 0 spiro atoms. The molecule has 0 fully saturated rings. The number of carbonyl (C=O) groups is 1. The van der Waals surface area contributed by atoms with Gasteiger partial charge in [0.1, 0.15) is 12.4 Å². The standard InChI is InChI=1S/C22H21F4N3O3/c1-31-19-7-3-4-15(9-19)11-29-12-18(10-27-29)28-20(30)17-6-2-5-16(8-17)13-32-14-22(25,26)21(23)24/h2-10,12,21H,11,13-14H2,1H3,(H,28,30). The largest absolute Gasteiger partial charge is 0.497 e. The van der Waals surface area contributed by atoms with Crippen LogP contribution < -0.4 is 10.1 Å². The summed E-state index contributed by atoms with van der Waals surface area (Å²) in [7, 11) is 1.58. The predicted octanol–water partition coefficient (Wildman–Crippen LogP) is 4.61. The van der Waals surface area contributed by atoms with Crippen molar-refractivity contribution in [3.05, 3.63) is 77.6 Å². The van der Waals surface area contributed by atoms with Crippen molar-refractivity contribution < 1.29 is 31.8 Å². The van der Waals surface area contributed by atoms with Crippen molar-refractivity contribution in [2.24, 2.45) is 0 Å². The fourth-order valence-electron chi connectivity index (χ4n) is 2.85. The second kappa shape index (κ2) is 10.3. The molecular weight excluding hydrogens is 430 g/mol. The lowest BCUT2D eigenvalue weighted by atomic mass is 10.1. The molecule has 0 aliphatic heterocycles. The summed E-state index contributed by atoms with van der Waals surface area (Å²) < 4.78 is 61.7. The summed E-state index contributed by atoms with van der Waals surface area (Å²) in [6.07, 6.45) is -0.641. The van der Waals surface area contributed by atoms with E-state index in [2.05, 4.69) is 10.4 Å². The lowest BCUT2D eigenvalue weighted by Gasteiger charge is -2.15. The van der Waals surface area contributed by atoms with Crippen molar-refractivity contribution >= 4 is 11.6 Å². The van der Waals surface area contributed by atoms with Gasteiger partial charge >= 0.3 is 12.3 Å². The maximum absolute atomic E-state index is 12.9. The Morgan fingerprint density at radius 1 is 1.16 bits per heavy atom. The molecule has 0 unspecified atom stereocenters. The van der Waals surface area contributed by atoms with E-state index < -0.39 is 24.9 Å². The SMILES string of the molecule is COc1cccc(Cn2cc(NC(=O)c3cccc(COCC(F)(F)C(F)F)c3)cn2)c1. The maximum atomic E-state index is 12.9. The van der Waals surface area contributed by atoms with Gasteiger partial charge in [0.2, 0.25) is 0 Å². The molecule has 2 aromatic carbocycles. The first-order valence-corrected chi connectivity index (χ1v) is 9.56. The highest BCUT2D eigenvalue weighted by molar-refractivity contribution is 6.04. The van der Waals surface area contributed by atoms with E-state index in [-0.39, 0.29) is 12.2 Å². The molecule has 1 aromatic heterocycles. The van der Waals surface area contributed by atoms with E-state index in [0.717, 1.165) is 11.3 Å². The minimum atomic E-state index is -4.22. The van der Waals surface area contributed by atoms with Gasteiger partial charge < -0.3 is 14.8 Å². The van der Waals surface area contributed by atoms with Crippen molar-refractivity contribution in [3.8, 4) is 5.75 Å². The molecular formula is C22H21F4N3O3. The Bertz CT molecular complexity index is 1060. The van der Waals surface area contributed by atoms with Gasteiger partial charge in [-0.25, -0.2) is 8.78 Å². The van der Waals surface area contributed by atoms with E-state index in [4.69, 9.17) is 9.47 Å². The average molecular weight is 451 g/mol. The number of ether oxygens (including phenoxy) is 2. The zero-order chi connectivity index (χ0) is 23.1. The highest BCUT2D eigenvalue weighted by Crippen LogP contribution is 2.23. The Balaban J connectivity index is 1.57. The summed E-state index contributed by atoms with van der Waals surface area (Å²) in [5, 5.41) is 6.92. The van der Waals surface area contributed by atoms with E-state index in [9.17, 15) is 22.4 Å². The topological polar surface area (TPSA) is 65.4 Å². The molecule has 170 valence electrons. The number of rotatable bonds is 10. The number of benzene rings is 2. The van der Waals surface area contributed by atoms with Crippen LogP contribution in [0.4, 0.5) is 23.2 Å². The van der Waals surface area contributed by atoms with Crippen molar-refractivity contribution in [1.82, 2.24) is 9.78 Å². The number of alkyl halides is 4. The third-order valence-electron chi connectivity index (χ3n) is 4.44. The van der Waals surface area contributed by atoms with Gasteiger partial charge in [0.25, 0.3) is 5.91 Å². The molecule has 6 nitrogen and oxygen atoms in total. The Labute approximate surface area is 181 Å². The van der Waals surface area contributed by atoms with Gasteiger partial charge in [-0.2, -0.15) is 13.9 Å². The summed E-state index contributed by atoms with van der Waals surface area (Å²) in [4.78, 5) is 12.5. The zero-order valence-electron chi connectivity index (χ0n) is 17.1. The smallest absolute Gasteiger partial charge is 0.330 e. The number of nitrogens with one attached hydrogen (secondary N) is 1. The van der Waals surface area contributed by atoms with Crippen LogP contribution in [0.3, 0.4) is 0 Å². The molecule has 0 radical (unpaired) electrons. The number of halogens is 4. The molecule has 0 aliphatic carbocycles. The lowest BCUT2D eigenvalue weighted by Crippen LogP contribution is -2.32. The molecule has 3 aromatic rings. The van der Waals surface area contributed by atoms with Crippen LogP contribution in [-0.4, -0.2) is 41.8 Å². The van der Waals surface area contributed by atoms with Gasteiger partial charge in [0, 0.05) is 11.8 Å². The second-order valence-corrected chi connectivity index (χ2v) is 6.99. The molecule has 1 amide bonds. The van der Waals surface area contributed by atoms with Crippen LogP contribution in [0.1, 0.15) is 21.5 Å². The molecule has 32 heavy (non-hydrogen) atoms. The van der Waals surface area contributed by atoms with Gasteiger partial charge in [-0.3, -0.25) is 9.48 Å². The highest BCUT2D eigenvalue weighted by Gasteiger charge is 2.40. The van der Waals surface area contributed by atoms with E-state index in [1.165, 1.54) is 18.3 Å². The number of hydrogen-bond donors (Lipinski definition) is 1. The number of aromatic nitrogens is 2. The molecule has 0 aliphatic rings. The molecule has 0 saturated carbocycles. The molecule has 0 bridgehead atoms. The number of anilines is 1. The summed E-state index contributed by atoms with van der Waals surface area (Å²) in [5.74, 6) is -3.93. The normalized spacial score (nSPS) is 11.6. The molecule has 1 N–H and O–H groups in total. The van der Waals surface area contributed by atoms with Crippen LogP contribution in [0.5, 0.6) is 5.75 Å². The average Bonchev–Trinajstić information content (AvgIpc) is 3.20. The van der Waals surface area contributed by atoms with Crippen molar-refractivity contribution in [3.63, 3.8) is 0 Å². The minimum absolute atomic E-state index is 0.257. The number of methoxy groups -OCH3 is 1. The lowest BCUT2D eigenvalue weighted by molar-refractivity contribution is -0.168. The fraction of sp³-hybridized carbons (Fsp3) is 0.273. The third kappa shape index (κ3) is 6.30. The number of nitrogens with zero attached hydrogens (tertiary/aromatic N) is 2. The Hall–Kier alpha value is -3.40. The summed E-state index contributed by atoms with van der Waals surface area (Å²) in [6, 6.07) is 13.6. The van der Waals surface area contributed by atoms with Crippen LogP contribution in [0.15, 0.2) is 60.9 Å². The van der Waals surface area contributed by atoms with Crippen LogP contribution in [-0.2, 0) is 17.9 Å². The fourth-order valence-corrected chi connectivity index (χ4v) is 2.85. The predicted molar refractivity (Wildman–Crippen MR) is 109 cm³/mol. The van der Waals surface area contributed by atoms with Gasteiger partial charge in [0.15, 0.2) is 0 Å². The highest BCUT2D eigenvalue weighted by atomic mass is 19.3. The number of carbonyl (C=O) groups excluding carboxylic acids is 1. The monoisotopic (exact) mass is 451 g/mol. The summed E-state index contributed by atoms with van der Waals surface area (Å²) >= 11 is 0. The van der Waals surface area contributed by atoms with Crippen LogP contribution >= 0.6 is 0 Å². The molecule has 0 atom stereocenters. The molecule has 10 heteroatoms. The van der Waals surface area contributed by atoms with Gasteiger partial charge in [-0.1, -0.05) is 24.3 Å². The summed E-state index contributed by atoms with van der Waals surface area (Å²) in [6.45, 7) is -1.27. The van der Waals surface area contributed by atoms with E-state index >= 15 is 0 Å². The van der Waals surface area contributed by atoms with Crippen molar-refractivity contribution in [2.75, 3.05) is 19.0 Å². The Morgan fingerprint density at radius 2 is 1.91 bits per heavy atom. The Kier molecular flexibility index (Phi) is 7.47. The number of hydrogen-bond acceptors (Lipinski definition) is 4. The molecule has 3 rings (SSSR count). The van der Waals surface area contributed by atoms with Crippen molar-refractivity contribution in [1.29, 1.82) is 0 Å². The zero-order valence-corrected chi connectivity index (χ0v) is 17.1. The molecule has 0 saturated heterocycles.